The van der Waals surface area contributed by atoms with Crippen molar-refractivity contribution in [3.05, 3.63) is 101 Å². The summed E-state index contributed by atoms with van der Waals surface area (Å²) in [5.41, 5.74) is 3.41. The van der Waals surface area contributed by atoms with E-state index in [1.54, 1.807) is 20.3 Å². The van der Waals surface area contributed by atoms with Crippen LogP contribution in [0.5, 0.6) is 11.5 Å². The fourth-order valence-electron chi connectivity index (χ4n) is 4.64. The van der Waals surface area contributed by atoms with Gasteiger partial charge < -0.3 is 19.3 Å². The average molecular weight is 528 g/mol. The van der Waals surface area contributed by atoms with Gasteiger partial charge in [-0.05, 0) is 43.3 Å². The van der Waals surface area contributed by atoms with Crippen molar-refractivity contribution in [3.8, 4) is 11.5 Å². The normalized spacial score (nSPS) is 13.9. The Bertz CT molecular complexity index is 1280. The van der Waals surface area contributed by atoms with E-state index in [9.17, 15) is 9.59 Å². The standard InChI is InChI=1S/C32H37N3O4/c1-25-13-15-27(16-14-25)31(36)34(17-7-10-26-8-4-5-12-30(26)39-3)21-18-33-19-22-35(23-20-33)32(37)28-9-6-11-29(24-28)38-2/h4-16,24H,17-23H2,1-3H3/b10-7+. The fraction of sp³-hybridized carbons (Fsp3) is 0.312. The number of carbonyl (C=O) groups excluding carboxylic acids is 2. The topological polar surface area (TPSA) is 62.3 Å². The van der Waals surface area contributed by atoms with Gasteiger partial charge in [-0.15, -0.1) is 0 Å². The smallest absolute Gasteiger partial charge is 0.254 e. The highest BCUT2D eigenvalue weighted by Crippen LogP contribution is 2.19. The van der Waals surface area contributed by atoms with Gasteiger partial charge in [-0.3, -0.25) is 14.5 Å². The Hall–Kier alpha value is -4.10. The van der Waals surface area contributed by atoms with Crippen molar-refractivity contribution >= 4 is 17.9 Å². The molecule has 204 valence electrons. The number of hydrogen-bond acceptors (Lipinski definition) is 5. The van der Waals surface area contributed by atoms with Crippen LogP contribution in [0.1, 0.15) is 31.8 Å². The molecule has 0 aliphatic carbocycles. The molecule has 2 amide bonds. The second-order valence-electron chi connectivity index (χ2n) is 9.63. The van der Waals surface area contributed by atoms with Crippen molar-refractivity contribution in [2.75, 3.05) is 60.0 Å². The predicted octanol–water partition coefficient (Wildman–Crippen LogP) is 4.63. The molecule has 0 spiro atoms. The maximum atomic E-state index is 13.4. The number of para-hydroxylation sites is 1. The van der Waals surface area contributed by atoms with Crippen LogP contribution in [0.2, 0.25) is 0 Å². The maximum absolute atomic E-state index is 13.4. The number of carbonyl (C=O) groups is 2. The zero-order valence-corrected chi connectivity index (χ0v) is 23.0. The number of nitrogens with zero attached hydrogens (tertiary/aromatic N) is 3. The molecule has 0 unspecified atom stereocenters. The lowest BCUT2D eigenvalue weighted by atomic mass is 10.1. The second kappa shape index (κ2) is 13.6. The second-order valence-corrected chi connectivity index (χ2v) is 9.63. The maximum Gasteiger partial charge on any atom is 0.254 e. The van der Waals surface area contributed by atoms with Crippen molar-refractivity contribution in [2.24, 2.45) is 0 Å². The molecule has 1 aliphatic heterocycles. The summed E-state index contributed by atoms with van der Waals surface area (Å²) in [6.45, 7) is 6.65. The van der Waals surface area contributed by atoms with Crippen LogP contribution in [-0.2, 0) is 0 Å². The number of ether oxygens (including phenoxy) is 2. The Balaban J connectivity index is 1.37. The highest BCUT2D eigenvalue weighted by molar-refractivity contribution is 5.95. The number of methoxy groups -OCH3 is 2. The van der Waals surface area contributed by atoms with E-state index in [0.717, 1.165) is 36.5 Å². The minimum atomic E-state index is 0.00603. The molecule has 4 rings (SSSR count). The number of rotatable bonds is 10. The molecule has 0 atom stereocenters. The summed E-state index contributed by atoms with van der Waals surface area (Å²) in [4.78, 5) is 32.5. The number of hydrogen-bond donors (Lipinski definition) is 0. The average Bonchev–Trinajstić information content (AvgIpc) is 2.99. The lowest BCUT2D eigenvalue weighted by Crippen LogP contribution is -2.50. The van der Waals surface area contributed by atoms with Gasteiger partial charge in [0.25, 0.3) is 11.8 Å². The zero-order chi connectivity index (χ0) is 27.6. The van der Waals surface area contributed by atoms with E-state index < -0.39 is 0 Å². The lowest BCUT2D eigenvalue weighted by molar-refractivity contribution is 0.0609. The molecule has 3 aromatic carbocycles. The van der Waals surface area contributed by atoms with Gasteiger partial charge in [0, 0.05) is 62.5 Å². The SMILES string of the molecule is COc1cccc(C(=O)N2CCN(CCN(C/C=C/c3ccccc3OC)C(=O)c3ccc(C)cc3)CC2)c1. The van der Waals surface area contributed by atoms with Crippen LogP contribution in [0, 0.1) is 6.92 Å². The number of benzene rings is 3. The minimum Gasteiger partial charge on any atom is -0.497 e. The summed E-state index contributed by atoms with van der Waals surface area (Å²) in [5, 5.41) is 0. The number of piperazine rings is 1. The first-order valence-corrected chi connectivity index (χ1v) is 13.3. The van der Waals surface area contributed by atoms with Crippen LogP contribution >= 0.6 is 0 Å². The molecule has 0 saturated carbocycles. The molecule has 0 radical (unpaired) electrons. The third kappa shape index (κ3) is 7.48. The quantitative estimate of drug-likeness (QED) is 0.385. The van der Waals surface area contributed by atoms with Crippen molar-refractivity contribution < 1.29 is 19.1 Å². The van der Waals surface area contributed by atoms with Crippen LogP contribution in [0.25, 0.3) is 6.08 Å². The Labute approximate surface area is 231 Å². The van der Waals surface area contributed by atoms with Crippen LogP contribution < -0.4 is 9.47 Å². The highest BCUT2D eigenvalue weighted by atomic mass is 16.5. The van der Waals surface area contributed by atoms with Crippen molar-refractivity contribution in [3.63, 3.8) is 0 Å². The van der Waals surface area contributed by atoms with Crippen molar-refractivity contribution in [1.82, 2.24) is 14.7 Å². The molecule has 0 N–H and O–H groups in total. The first-order valence-electron chi connectivity index (χ1n) is 13.3. The summed E-state index contributed by atoms with van der Waals surface area (Å²) < 4.78 is 10.7. The molecule has 0 bridgehead atoms. The Kier molecular flexibility index (Phi) is 9.75. The van der Waals surface area contributed by atoms with E-state index >= 15 is 0 Å². The number of aryl methyl sites for hydroxylation is 1. The van der Waals surface area contributed by atoms with Crippen LogP contribution in [0.4, 0.5) is 0 Å². The number of amides is 2. The van der Waals surface area contributed by atoms with Gasteiger partial charge in [-0.25, -0.2) is 0 Å². The van der Waals surface area contributed by atoms with Crippen LogP contribution in [0.3, 0.4) is 0 Å². The van der Waals surface area contributed by atoms with E-state index in [-0.39, 0.29) is 11.8 Å². The molecule has 1 fully saturated rings. The van der Waals surface area contributed by atoms with Gasteiger partial charge in [-0.2, -0.15) is 0 Å². The lowest BCUT2D eigenvalue weighted by Gasteiger charge is -2.36. The molecule has 39 heavy (non-hydrogen) atoms. The van der Waals surface area contributed by atoms with Crippen LogP contribution in [0.15, 0.2) is 78.9 Å². The van der Waals surface area contributed by atoms with E-state index in [1.165, 1.54) is 0 Å². The Morgan fingerprint density at radius 3 is 2.33 bits per heavy atom. The molecule has 7 nitrogen and oxygen atoms in total. The van der Waals surface area contributed by atoms with Crippen molar-refractivity contribution in [2.45, 2.75) is 6.92 Å². The summed E-state index contributed by atoms with van der Waals surface area (Å²) in [7, 11) is 3.26. The Morgan fingerprint density at radius 2 is 1.62 bits per heavy atom. The summed E-state index contributed by atoms with van der Waals surface area (Å²) in [6.07, 6.45) is 4.01. The van der Waals surface area contributed by atoms with Gasteiger partial charge >= 0.3 is 0 Å². The highest BCUT2D eigenvalue weighted by Gasteiger charge is 2.23. The van der Waals surface area contributed by atoms with Gasteiger partial charge in [0.2, 0.25) is 0 Å². The third-order valence-electron chi connectivity index (χ3n) is 7.01. The third-order valence-corrected chi connectivity index (χ3v) is 7.01. The summed E-state index contributed by atoms with van der Waals surface area (Å²) >= 11 is 0. The van der Waals surface area contributed by atoms with Crippen LogP contribution in [-0.4, -0.2) is 86.5 Å². The van der Waals surface area contributed by atoms with Gasteiger partial charge in [-0.1, -0.05) is 54.1 Å². The minimum absolute atomic E-state index is 0.00603. The summed E-state index contributed by atoms with van der Waals surface area (Å²) in [5.74, 6) is 1.50. The van der Waals surface area contributed by atoms with Crippen molar-refractivity contribution in [1.29, 1.82) is 0 Å². The monoisotopic (exact) mass is 527 g/mol. The molecule has 0 aromatic heterocycles. The van der Waals surface area contributed by atoms with Gasteiger partial charge in [0.05, 0.1) is 14.2 Å². The largest absolute Gasteiger partial charge is 0.497 e. The van der Waals surface area contributed by atoms with E-state index in [2.05, 4.69) is 4.90 Å². The summed E-state index contributed by atoms with van der Waals surface area (Å²) in [6, 6.07) is 22.8. The molecule has 3 aromatic rings. The fourth-order valence-corrected chi connectivity index (χ4v) is 4.64. The first-order chi connectivity index (χ1) is 19.0. The van der Waals surface area contributed by atoms with E-state index in [4.69, 9.17) is 9.47 Å². The first kappa shape index (κ1) is 27.9. The molecule has 1 heterocycles. The van der Waals surface area contributed by atoms with E-state index in [1.807, 2.05) is 95.6 Å². The molecule has 7 heteroatoms. The zero-order valence-electron chi connectivity index (χ0n) is 23.0. The van der Waals surface area contributed by atoms with Gasteiger partial charge in [0.1, 0.15) is 11.5 Å². The molecular formula is C32H37N3O4. The molecular weight excluding hydrogens is 490 g/mol. The van der Waals surface area contributed by atoms with E-state index in [0.29, 0.717) is 43.1 Å². The molecule has 1 aliphatic rings. The van der Waals surface area contributed by atoms with Gasteiger partial charge in [0.15, 0.2) is 0 Å². The molecule has 1 saturated heterocycles. The predicted molar refractivity (Wildman–Crippen MR) is 154 cm³/mol. The Morgan fingerprint density at radius 1 is 0.872 bits per heavy atom.